The Balaban J connectivity index is 2.28. The number of carbonyl (C=O) groups excluding carboxylic acids is 1. The summed E-state index contributed by atoms with van der Waals surface area (Å²) in [6.07, 6.45) is 0. The van der Waals surface area contributed by atoms with Crippen molar-refractivity contribution >= 4 is 62.2 Å². The minimum absolute atomic E-state index is 0.256. The highest BCUT2D eigenvalue weighted by atomic mass is 79.9. The third kappa shape index (κ3) is 2.85. The molecule has 94 valence electrons. The number of hydrogen-bond donors (Lipinski definition) is 1. The molecule has 0 saturated carbocycles. The minimum atomic E-state index is -0.256. The van der Waals surface area contributed by atoms with Gasteiger partial charge in [0.2, 0.25) is 0 Å². The molecule has 2 rings (SSSR count). The lowest BCUT2D eigenvalue weighted by molar-refractivity contribution is 0.102. The molecule has 3 nitrogen and oxygen atoms in total. The molecule has 7 heteroatoms. The lowest BCUT2D eigenvalue weighted by Gasteiger charge is -2.07. The van der Waals surface area contributed by atoms with Crippen molar-refractivity contribution in [2.45, 2.75) is 6.92 Å². The van der Waals surface area contributed by atoms with E-state index >= 15 is 0 Å². The fraction of sp³-hybridized carbons (Fsp3) is 0.0909. The zero-order valence-electron chi connectivity index (χ0n) is 9.13. The fourth-order valence-corrected chi connectivity index (χ4v) is 3.12. The maximum absolute atomic E-state index is 12.0. The highest BCUT2D eigenvalue weighted by Crippen LogP contribution is 2.28. The van der Waals surface area contributed by atoms with Crippen LogP contribution in [0, 0.1) is 6.92 Å². The van der Waals surface area contributed by atoms with Gasteiger partial charge in [-0.2, -0.15) is 0 Å². The van der Waals surface area contributed by atoms with Gasteiger partial charge in [0, 0.05) is 4.47 Å². The zero-order chi connectivity index (χ0) is 13.3. The second-order valence-electron chi connectivity index (χ2n) is 3.44. The van der Waals surface area contributed by atoms with E-state index in [2.05, 4.69) is 26.2 Å². The summed E-state index contributed by atoms with van der Waals surface area (Å²) in [6.45, 7) is 1.75. The second-order valence-corrected chi connectivity index (χ2v) is 6.02. The molecule has 0 fully saturated rings. The molecular weight excluding hydrogens is 359 g/mol. The van der Waals surface area contributed by atoms with E-state index in [4.69, 9.17) is 23.2 Å². The maximum Gasteiger partial charge on any atom is 0.268 e. The van der Waals surface area contributed by atoms with E-state index < -0.39 is 0 Å². The number of aryl methyl sites for hydroxylation is 1. The molecular formula is C11H7BrCl2N2OS. The highest BCUT2D eigenvalue weighted by molar-refractivity contribution is 9.10. The number of pyridine rings is 1. The van der Waals surface area contributed by atoms with Crippen molar-refractivity contribution in [1.82, 2.24) is 4.98 Å². The van der Waals surface area contributed by atoms with Gasteiger partial charge in [-0.1, -0.05) is 23.2 Å². The van der Waals surface area contributed by atoms with Gasteiger partial charge in [0.1, 0.15) is 4.88 Å². The van der Waals surface area contributed by atoms with Gasteiger partial charge in [-0.05, 0) is 40.4 Å². The summed E-state index contributed by atoms with van der Waals surface area (Å²) < 4.78 is 0.742. The number of anilines is 1. The minimum Gasteiger partial charge on any atom is -0.305 e. The lowest BCUT2D eigenvalue weighted by atomic mass is 10.3. The molecule has 1 amide bonds. The predicted molar refractivity (Wildman–Crippen MR) is 79.0 cm³/mol. The first-order chi connectivity index (χ1) is 8.49. The quantitative estimate of drug-likeness (QED) is 0.832. The molecule has 1 N–H and O–H groups in total. The van der Waals surface area contributed by atoms with Crippen molar-refractivity contribution in [2.24, 2.45) is 0 Å². The van der Waals surface area contributed by atoms with Crippen LogP contribution in [-0.4, -0.2) is 10.9 Å². The number of halogens is 3. The molecule has 0 atom stereocenters. The number of carbonyl (C=O) groups is 1. The van der Waals surface area contributed by atoms with E-state index in [1.165, 1.54) is 11.3 Å². The third-order valence-electron chi connectivity index (χ3n) is 2.16. The molecule has 2 aromatic rings. The average Bonchev–Trinajstić information content (AvgIpc) is 2.72. The van der Waals surface area contributed by atoms with Crippen LogP contribution < -0.4 is 5.32 Å². The average molecular weight is 366 g/mol. The Hall–Kier alpha value is -0.620. The molecule has 18 heavy (non-hydrogen) atoms. The zero-order valence-corrected chi connectivity index (χ0v) is 13.0. The first-order valence-corrected chi connectivity index (χ1v) is 7.29. The molecule has 0 aliphatic heterocycles. The number of hydrogen-bond acceptors (Lipinski definition) is 3. The molecule has 0 saturated heterocycles. The topological polar surface area (TPSA) is 42.0 Å². The third-order valence-corrected chi connectivity index (χ3v) is 4.67. The number of aromatic nitrogens is 1. The van der Waals surface area contributed by atoms with Gasteiger partial charge in [0.05, 0.1) is 15.7 Å². The number of thiophene rings is 1. The van der Waals surface area contributed by atoms with E-state index in [0.717, 1.165) is 4.47 Å². The molecule has 0 aromatic carbocycles. The van der Waals surface area contributed by atoms with Gasteiger partial charge in [-0.25, -0.2) is 4.98 Å². The van der Waals surface area contributed by atoms with Gasteiger partial charge in [0.25, 0.3) is 5.91 Å². The molecule has 0 bridgehead atoms. The summed E-state index contributed by atoms with van der Waals surface area (Å²) >= 11 is 16.5. The van der Waals surface area contributed by atoms with Gasteiger partial charge >= 0.3 is 0 Å². The van der Waals surface area contributed by atoms with E-state index in [1.807, 2.05) is 11.4 Å². The Morgan fingerprint density at radius 1 is 1.44 bits per heavy atom. The number of rotatable bonds is 2. The fourth-order valence-electron chi connectivity index (χ4n) is 1.27. The van der Waals surface area contributed by atoms with E-state index in [9.17, 15) is 4.79 Å². The summed E-state index contributed by atoms with van der Waals surface area (Å²) in [5.41, 5.74) is 0.613. The summed E-state index contributed by atoms with van der Waals surface area (Å²) in [4.78, 5) is 16.7. The smallest absolute Gasteiger partial charge is 0.268 e. The summed E-state index contributed by atoms with van der Waals surface area (Å²) in [6, 6.07) is 3.37. The van der Waals surface area contributed by atoms with Crippen molar-refractivity contribution in [3.05, 3.63) is 42.6 Å². The van der Waals surface area contributed by atoms with Crippen LogP contribution in [0.1, 0.15) is 15.4 Å². The van der Waals surface area contributed by atoms with Crippen LogP contribution >= 0.6 is 50.5 Å². The molecule has 0 radical (unpaired) electrons. The summed E-state index contributed by atoms with van der Waals surface area (Å²) in [5, 5.41) is 5.26. The van der Waals surface area contributed by atoms with Crippen LogP contribution in [0.3, 0.4) is 0 Å². The van der Waals surface area contributed by atoms with Gasteiger partial charge in [-0.15, -0.1) is 11.3 Å². The first-order valence-electron chi connectivity index (χ1n) is 4.86. The standard InChI is InChI=1S/C11H7BrCl2N2OS/c1-5-7(13)4-8(14)10(15-5)16-11(17)9-6(12)2-3-18-9/h2-4H,1H3,(H,15,16,17). The van der Waals surface area contributed by atoms with Crippen LogP contribution in [0.4, 0.5) is 5.82 Å². The Morgan fingerprint density at radius 2 is 2.17 bits per heavy atom. The van der Waals surface area contributed by atoms with Gasteiger partial charge in [-0.3, -0.25) is 4.79 Å². The van der Waals surface area contributed by atoms with E-state index in [1.54, 1.807) is 13.0 Å². The van der Waals surface area contributed by atoms with Crippen molar-refractivity contribution < 1.29 is 4.79 Å². The van der Waals surface area contributed by atoms with Crippen molar-refractivity contribution in [1.29, 1.82) is 0 Å². The van der Waals surface area contributed by atoms with E-state index in [0.29, 0.717) is 26.4 Å². The van der Waals surface area contributed by atoms with Gasteiger partial charge in [0.15, 0.2) is 5.82 Å². The van der Waals surface area contributed by atoms with Crippen LogP contribution in [0.5, 0.6) is 0 Å². The summed E-state index contributed by atoms with van der Waals surface area (Å²) in [5.74, 6) is 0.0527. The molecule has 0 spiro atoms. The molecule has 0 aliphatic carbocycles. The number of amides is 1. The Kier molecular flexibility index (Phi) is 4.27. The Bertz CT molecular complexity index is 615. The Labute approximate surface area is 126 Å². The van der Waals surface area contributed by atoms with Crippen LogP contribution in [0.15, 0.2) is 22.0 Å². The lowest BCUT2D eigenvalue weighted by Crippen LogP contribution is -2.12. The largest absolute Gasteiger partial charge is 0.305 e. The van der Waals surface area contributed by atoms with Gasteiger partial charge < -0.3 is 5.32 Å². The SMILES string of the molecule is Cc1nc(NC(=O)c2sccc2Br)c(Cl)cc1Cl. The molecule has 0 unspecified atom stereocenters. The van der Waals surface area contributed by atoms with Crippen molar-refractivity contribution in [3.8, 4) is 0 Å². The Morgan fingerprint density at radius 3 is 2.78 bits per heavy atom. The molecule has 0 aliphatic rings. The monoisotopic (exact) mass is 364 g/mol. The maximum atomic E-state index is 12.0. The van der Waals surface area contributed by atoms with Crippen LogP contribution in [-0.2, 0) is 0 Å². The van der Waals surface area contributed by atoms with Crippen LogP contribution in [0.2, 0.25) is 10.0 Å². The molecule has 2 heterocycles. The predicted octanol–water partition coefficient (Wildman–Crippen LogP) is 4.77. The normalized spacial score (nSPS) is 10.4. The summed E-state index contributed by atoms with van der Waals surface area (Å²) in [7, 11) is 0. The van der Waals surface area contributed by atoms with Crippen LogP contribution in [0.25, 0.3) is 0 Å². The highest BCUT2D eigenvalue weighted by Gasteiger charge is 2.15. The van der Waals surface area contributed by atoms with E-state index in [-0.39, 0.29) is 5.91 Å². The van der Waals surface area contributed by atoms with Crippen molar-refractivity contribution in [2.75, 3.05) is 5.32 Å². The second kappa shape index (κ2) is 5.57. The number of nitrogens with one attached hydrogen (secondary N) is 1. The van der Waals surface area contributed by atoms with Crippen molar-refractivity contribution in [3.63, 3.8) is 0 Å². The molecule has 2 aromatic heterocycles. The first kappa shape index (κ1) is 13.8. The number of nitrogens with zero attached hydrogens (tertiary/aromatic N) is 1.